The molecular formula is C19H22ClNOS. The van der Waals surface area contributed by atoms with Crippen molar-refractivity contribution in [2.24, 2.45) is 0 Å². The summed E-state index contributed by atoms with van der Waals surface area (Å²) in [5.74, 6) is 1.41. The molecule has 0 aliphatic rings. The van der Waals surface area contributed by atoms with E-state index in [4.69, 9.17) is 11.6 Å². The summed E-state index contributed by atoms with van der Waals surface area (Å²) >= 11 is 7.48. The molecule has 1 atom stereocenters. The molecule has 0 radical (unpaired) electrons. The molecule has 1 N–H and O–H groups in total. The van der Waals surface area contributed by atoms with Crippen molar-refractivity contribution in [2.45, 2.75) is 31.6 Å². The first-order valence-corrected chi connectivity index (χ1v) is 9.32. The van der Waals surface area contributed by atoms with E-state index in [-0.39, 0.29) is 11.9 Å². The minimum atomic E-state index is 0.101. The molecule has 4 heteroatoms. The van der Waals surface area contributed by atoms with Gasteiger partial charge in [-0.1, -0.05) is 54.1 Å². The Kier molecular flexibility index (Phi) is 7.50. The highest BCUT2D eigenvalue weighted by Gasteiger charge is 2.08. The number of hydrogen-bond donors (Lipinski definition) is 1. The molecule has 0 heterocycles. The topological polar surface area (TPSA) is 29.1 Å². The summed E-state index contributed by atoms with van der Waals surface area (Å²) in [6.45, 7) is 2.06. The number of thioether (sulfide) groups is 1. The van der Waals surface area contributed by atoms with Gasteiger partial charge in [-0.05, 0) is 43.0 Å². The molecule has 0 saturated carbocycles. The summed E-state index contributed by atoms with van der Waals surface area (Å²) in [5, 5.41) is 3.80. The maximum atomic E-state index is 12.0. The van der Waals surface area contributed by atoms with Crippen LogP contribution in [0.15, 0.2) is 54.6 Å². The molecule has 2 nitrogen and oxygen atoms in total. The zero-order valence-electron chi connectivity index (χ0n) is 13.3. The highest BCUT2D eigenvalue weighted by Crippen LogP contribution is 2.15. The number of aryl methyl sites for hydroxylation is 1. The van der Waals surface area contributed by atoms with Crippen LogP contribution in [-0.2, 0) is 17.0 Å². The Labute approximate surface area is 147 Å². The summed E-state index contributed by atoms with van der Waals surface area (Å²) in [6.07, 6.45) is 1.94. The largest absolute Gasteiger partial charge is 0.353 e. The molecule has 0 bridgehead atoms. The van der Waals surface area contributed by atoms with Gasteiger partial charge in [0.05, 0.1) is 5.75 Å². The minimum absolute atomic E-state index is 0.101. The predicted octanol–water partition coefficient (Wildman–Crippen LogP) is 4.71. The summed E-state index contributed by atoms with van der Waals surface area (Å²) in [5.41, 5.74) is 2.50. The van der Waals surface area contributed by atoms with Crippen molar-refractivity contribution in [3.8, 4) is 0 Å². The maximum Gasteiger partial charge on any atom is 0.230 e. The molecule has 0 unspecified atom stereocenters. The van der Waals surface area contributed by atoms with Crippen LogP contribution in [0, 0.1) is 0 Å². The number of rotatable bonds is 8. The molecule has 0 aliphatic heterocycles. The van der Waals surface area contributed by atoms with Gasteiger partial charge in [0, 0.05) is 16.8 Å². The highest BCUT2D eigenvalue weighted by molar-refractivity contribution is 7.99. The smallest absolute Gasteiger partial charge is 0.230 e. The van der Waals surface area contributed by atoms with E-state index >= 15 is 0 Å². The van der Waals surface area contributed by atoms with E-state index in [0.29, 0.717) is 5.75 Å². The fourth-order valence-corrected chi connectivity index (χ4v) is 3.18. The second kappa shape index (κ2) is 9.64. The first-order chi connectivity index (χ1) is 11.1. The van der Waals surface area contributed by atoms with Crippen LogP contribution in [0.1, 0.15) is 24.5 Å². The molecule has 0 fully saturated rings. The van der Waals surface area contributed by atoms with Crippen molar-refractivity contribution in [3.05, 3.63) is 70.7 Å². The van der Waals surface area contributed by atoms with Gasteiger partial charge in [0.25, 0.3) is 0 Å². The SMILES string of the molecule is C[C@@H](CCc1ccccc1)NC(=O)CSCc1ccc(Cl)cc1. The molecule has 2 aromatic rings. The van der Waals surface area contributed by atoms with Crippen molar-refractivity contribution in [1.82, 2.24) is 5.32 Å². The average Bonchev–Trinajstić information content (AvgIpc) is 2.56. The van der Waals surface area contributed by atoms with Crippen LogP contribution in [-0.4, -0.2) is 17.7 Å². The number of benzene rings is 2. The second-order valence-corrected chi connectivity index (χ2v) is 7.03. The quantitative estimate of drug-likeness (QED) is 0.749. The van der Waals surface area contributed by atoms with Crippen LogP contribution in [0.2, 0.25) is 5.02 Å². The standard InChI is InChI=1S/C19H22ClNOS/c1-15(7-8-16-5-3-2-4-6-16)21-19(22)14-23-13-17-9-11-18(20)12-10-17/h2-6,9-12,15H,7-8,13-14H2,1H3,(H,21,22)/t15-/m0/s1. The van der Waals surface area contributed by atoms with E-state index in [1.165, 1.54) is 11.1 Å². The number of carbonyl (C=O) groups excluding carboxylic acids is 1. The van der Waals surface area contributed by atoms with Crippen LogP contribution in [0.5, 0.6) is 0 Å². The molecule has 0 spiro atoms. The highest BCUT2D eigenvalue weighted by atomic mass is 35.5. The number of amides is 1. The lowest BCUT2D eigenvalue weighted by molar-refractivity contribution is -0.119. The van der Waals surface area contributed by atoms with Gasteiger partial charge in [0.1, 0.15) is 0 Å². The van der Waals surface area contributed by atoms with E-state index in [1.54, 1.807) is 11.8 Å². The van der Waals surface area contributed by atoms with Crippen molar-refractivity contribution in [1.29, 1.82) is 0 Å². The fraction of sp³-hybridized carbons (Fsp3) is 0.316. The molecule has 2 aromatic carbocycles. The second-order valence-electron chi connectivity index (χ2n) is 5.61. The molecule has 1 amide bonds. The van der Waals surface area contributed by atoms with Crippen LogP contribution >= 0.6 is 23.4 Å². The van der Waals surface area contributed by atoms with Gasteiger partial charge in [-0.2, -0.15) is 0 Å². The number of carbonyl (C=O) groups is 1. The first-order valence-electron chi connectivity index (χ1n) is 7.79. The third kappa shape index (κ3) is 7.10. The van der Waals surface area contributed by atoms with Crippen LogP contribution < -0.4 is 5.32 Å². The van der Waals surface area contributed by atoms with Crippen molar-refractivity contribution >= 4 is 29.3 Å². The predicted molar refractivity (Wildman–Crippen MR) is 100.0 cm³/mol. The van der Waals surface area contributed by atoms with Crippen LogP contribution in [0.25, 0.3) is 0 Å². The Morgan fingerprint density at radius 3 is 2.48 bits per heavy atom. The zero-order chi connectivity index (χ0) is 16.5. The zero-order valence-corrected chi connectivity index (χ0v) is 14.9. The maximum absolute atomic E-state index is 12.0. The lowest BCUT2D eigenvalue weighted by Gasteiger charge is -2.13. The van der Waals surface area contributed by atoms with Crippen molar-refractivity contribution in [3.63, 3.8) is 0 Å². The minimum Gasteiger partial charge on any atom is -0.353 e. The molecular weight excluding hydrogens is 326 g/mol. The molecule has 0 saturated heterocycles. The Hall–Kier alpha value is -1.45. The van der Waals surface area contributed by atoms with E-state index in [0.717, 1.165) is 23.6 Å². The lowest BCUT2D eigenvalue weighted by atomic mass is 10.1. The van der Waals surface area contributed by atoms with E-state index < -0.39 is 0 Å². The summed E-state index contributed by atoms with van der Waals surface area (Å²) < 4.78 is 0. The number of hydrogen-bond acceptors (Lipinski definition) is 2. The monoisotopic (exact) mass is 347 g/mol. The van der Waals surface area contributed by atoms with Gasteiger partial charge in [0.15, 0.2) is 0 Å². The molecule has 0 aliphatic carbocycles. The summed E-state index contributed by atoms with van der Waals surface area (Å²) in [6, 6.07) is 18.3. The van der Waals surface area contributed by atoms with Crippen molar-refractivity contribution < 1.29 is 4.79 Å². The third-order valence-electron chi connectivity index (χ3n) is 3.53. The molecule has 0 aromatic heterocycles. The molecule has 122 valence electrons. The molecule has 23 heavy (non-hydrogen) atoms. The average molecular weight is 348 g/mol. The Morgan fingerprint density at radius 2 is 1.78 bits per heavy atom. The van der Waals surface area contributed by atoms with E-state index in [9.17, 15) is 4.79 Å². The summed E-state index contributed by atoms with van der Waals surface area (Å²) in [4.78, 5) is 12.0. The van der Waals surface area contributed by atoms with Crippen LogP contribution in [0.4, 0.5) is 0 Å². The van der Waals surface area contributed by atoms with Crippen LogP contribution in [0.3, 0.4) is 0 Å². The van der Waals surface area contributed by atoms with Crippen molar-refractivity contribution in [2.75, 3.05) is 5.75 Å². The van der Waals surface area contributed by atoms with Gasteiger partial charge in [-0.15, -0.1) is 11.8 Å². The van der Waals surface area contributed by atoms with Gasteiger partial charge >= 0.3 is 0 Å². The van der Waals surface area contributed by atoms with Gasteiger partial charge < -0.3 is 5.32 Å². The van der Waals surface area contributed by atoms with E-state index in [2.05, 4.69) is 24.4 Å². The number of nitrogens with one attached hydrogen (secondary N) is 1. The lowest BCUT2D eigenvalue weighted by Crippen LogP contribution is -2.34. The Bertz CT molecular complexity index is 601. The Morgan fingerprint density at radius 1 is 1.09 bits per heavy atom. The van der Waals surface area contributed by atoms with Gasteiger partial charge in [0.2, 0.25) is 5.91 Å². The first kappa shape index (κ1) is 17.9. The van der Waals surface area contributed by atoms with Gasteiger partial charge in [-0.3, -0.25) is 4.79 Å². The third-order valence-corrected chi connectivity index (χ3v) is 4.79. The van der Waals surface area contributed by atoms with Gasteiger partial charge in [-0.25, -0.2) is 0 Å². The molecule has 2 rings (SSSR count). The summed E-state index contributed by atoms with van der Waals surface area (Å²) in [7, 11) is 0. The normalized spacial score (nSPS) is 11.9. The van der Waals surface area contributed by atoms with E-state index in [1.807, 2.05) is 42.5 Å². The fourth-order valence-electron chi connectivity index (χ4n) is 2.26. The Balaban J connectivity index is 1.63. The number of halogens is 1.